The van der Waals surface area contributed by atoms with Gasteiger partial charge in [-0.15, -0.1) is 0 Å². The monoisotopic (exact) mass is 159 g/mol. The zero-order valence-corrected chi connectivity index (χ0v) is 6.17. The number of carbonyl (C=O) groups excluding carboxylic acids is 1. The van der Waals surface area contributed by atoms with E-state index in [4.69, 9.17) is 5.11 Å². The molecule has 0 aromatic carbocycles. The van der Waals surface area contributed by atoms with Gasteiger partial charge in [0.25, 0.3) is 5.91 Å². The van der Waals surface area contributed by atoms with E-state index >= 15 is 0 Å². The van der Waals surface area contributed by atoms with Crippen LogP contribution in [0, 0.1) is 11.8 Å². The van der Waals surface area contributed by atoms with Crippen LogP contribution in [0.25, 0.3) is 0 Å². The molecule has 1 aliphatic heterocycles. The molecule has 1 saturated carbocycles. The maximum Gasteiger partial charge on any atom is 0.258 e. The van der Waals surface area contributed by atoms with E-state index < -0.39 is 11.6 Å². The zero-order valence-electron chi connectivity index (χ0n) is 6.17. The van der Waals surface area contributed by atoms with E-state index in [1.165, 1.54) is 0 Å². The number of rotatable bonds is 1. The van der Waals surface area contributed by atoms with Gasteiger partial charge in [-0.3, -0.25) is 4.79 Å². The zero-order chi connectivity index (χ0) is 8.22. The molecule has 2 fully saturated rings. The Morgan fingerprint density at radius 3 is 2.73 bits per heavy atom. The summed E-state index contributed by atoms with van der Waals surface area (Å²) in [7, 11) is 0. The Balaban J connectivity index is 2.23. The van der Waals surface area contributed by atoms with Crippen molar-refractivity contribution in [1.29, 1.82) is 0 Å². The lowest BCUT2D eigenvalue weighted by atomic mass is 10.2. The van der Waals surface area contributed by atoms with Crippen molar-refractivity contribution in [3.8, 4) is 0 Å². The SMILES string of the molecule is C[C@H]1[C@@H]2[C@@H](CO)NC(=O)[C@@]21F. The molecule has 3 nitrogen and oxygen atoms in total. The van der Waals surface area contributed by atoms with Gasteiger partial charge in [0.15, 0.2) is 5.67 Å². The van der Waals surface area contributed by atoms with Gasteiger partial charge in [0.2, 0.25) is 0 Å². The lowest BCUT2D eigenvalue weighted by Crippen LogP contribution is -2.36. The Labute approximate surface area is 63.6 Å². The van der Waals surface area contributed by atoms with Gasteiger partial charge in [-0.25, -0.2) is 4.39 Å². The lowest BCUT2D eigenvalue weighted by molar-refractivity contribution is -0.126. The molecule has 2 aliphatic rings. The smallest absolute Gasteiger partial charge is 0.258 e. The van der Waals surface area contributed by atoms with Crippen LogP contribution in [0.4, 0.5) is 4.39 Å². The summed E-state index contributed by atoms with van der Waals surface area (Å²) in [5.74, 6) is -1.05. The Bertz CT molecular complexity index is 220. The van der Waals surface area contributed by atoms with Crippen molar-refractivity contribution in [1.82, 2.24) is 5.32 Å². The van der Waals surface area contributed by atoms with Crippen LogP contribution >= 0.6 is 0 Å². The maximum atomic E-state index is 13.4. The first kappa shape index (κ1) is 7.03. The van der Waals surface area contributed by atoms with E-state index in [0.29, 0.717) is 0 Å². The number of aliphatic hydroxyl groups excluding tert-OH is 1. The number of hydrogen-bond donors (Lipinski definition) is 2. The Morgan fingerprint density at radius 2 is 2.45 bits per heavy atom. The molecular weight excluding hydrogens is 149 g/mol. The van der Waals surface area contributed by atoms with Crippen molar-refractivity contribution in [3.63, 3.8) is 0 Å². The van der Waals surface area contributed by atoms with Gasteiger partial charge in [0, 0.05) is 11.8 Å². The summed E-state index contributed by atoms with van der Waals surface area (Å²) in [6.07, 6.45) is 0. The van der Waals surface area contributed by atoms with Crippen molar-refractivity contribution < 1.29 is 14.3 Å². The molecule has 4 atom stereocenters. The molecule has 4 heteroatoms. The molecule has 2 N–H and O–H groups in total. The number of alkyl halides is 1. The molecule has 11 heavy (non-hydrogen) atoms. The van der Waals surface area contributed by atoms with E-state index in [1.54, 1.807) is 6.92 Å². The van der Waals surface area contributed by atoms with Crippen LogP contribution in [0.5, 0.6) is 0 Å². The van der Waals surface area contributed by atoms with E-state index in [-0.39, 0.29) is 24.5 Å². The van der Waals surface area contributed by atoms with Gasteiger partial charge in [-0.05, 0) is 0 Å². The number of halogens is 1. The number of amides is 1. The van der Waals surface area contributed by atoms with E-state index in [1.807, 2.05) is 0 Å². The lowest BCUT2D eigenvalue weighted by Gasteiger charge is -2.09. The number of piperidine rings is 1. The van der Waals surface area contributed by atoms with Crippen molar-refractivity contribution in [2.24, 2.45) is 11.8 Å². The van der Waals surface area contributed by atoms with Crippen LogP contribution in [0.15, 0.2) is 0 Å². The highest BCUT2D eigenvalue weighted by molar-refractivity contribution is 5.93. The molecule has 0 unspecified atom stereocenters. The average Bonchev–Trinajstić information content (AvgIpc) is 2.38. The van der Waals surface area contributed by atoms with Gasteiger partial charge in [-0.2, -0.15) is 0 Å². The minimum atomic E-state index is -1.66. The van der Waals surface area contributed by atoms with Gasteiger partial charge in [0.1, 0.15) is 0 Å². The Morgan fingerprint density at radius 1 is 1.82 bits per heavy atom. The van der Waals surface area contributed by atoms with E-state index in [0.717, 1.165) is 0 Å². The van der Waals surface area contributed by atoms with Crippen LogP contribution in [0.2, 0.25) is 0 Å². The summed E-state index contributed by atoms with van der Waals surface area (Å²) in [4.78, 5) is 10.9. The third-order valence-corrected chi connectivity index (χ3v) is 2.87. The molecule has 62 valence electrons. The van der Waals surface area contributed by atoms with Crippen molar-refractivity contribution in [2.45, 2.75) is 18.6 Å². The summed E-state index contributed by atoms with van der Waals surface area (Å²) in [6.45, 7) is 1.54. The highest BCUT2D eigenvalue weighted by atomic mass is 19.1. The molecule has 0 aromatic heterocycles. The van der Waals surface area contributed by atoms with Crippen LogP contribution in [-0.4, -0.2) is 29.3 Å². The fraction of sp³-hybridized carbons (Fsp3) is 0.857. The standard InChI is InChI=1S/C7H10FNO2/c1-3-5-4(2-10)9-6(11)7(3,5)8/h3-5,10H,2H2,1H3,(H,9,11)/t3-,4+,5+,7-/m0/s1. The fourth-order valence-corrected chi connectivity index (χ4v) is 2.08. The summed E-state index contributed by atoms with van der Waals surface area (Å²) in [5, 5.41) is 11.1. The van der Waals surface area contributed by atoms with Crippen LogP contribution < -0.4 is 5.32 Å². The predicted octanol–water partition coefficient (Wildman–Crippen LogP) is -0.549. The molecule has 1 amide bonds. The van der Waals surface area contributed by atoms with E-state index in [9.17, 15) is 9.18 Å². The molecule has 0 radical (unpaired) electrons. The second-order valence-corrected chi connectivity index (χ2v) is 3.35. The van der Waals surface area contributed by atoms with Gasteiger partial charge in [0.05, 0.1) is 12.6 Å². The fourth-order valence-electron chi connectivity index (χ4n) is 2.08. The minimum absolute atomic E-state index is 0.160. The number of nitrogens with one attached hydrogen (secondary N) is 1. The summed E-state index contributed by atoms with van der Waals surface area (Å²) < 4.78 is 13.4. The largest absolute Gasteiger partial charge is 0.394 e. The van der Waals surface area contributed by atoms with Crippen LogP contribution in [0.3, 0.4) is 0 Å². The van der Waals surface area contributed by atoms with E-state index in [2.05, 4.69) is 5.32 Å². The number of hydrogen-bond acceptors (Lipinski definition) is 2. The van der Waals surface area contributed by atoms with Crippen LogP contribution in [0.1, 0.15) is 6.92 Å². The quantitative estimate of drug-likeness (QED) is 0.539. The molecule has 0 spiro atoms. The molecule has 1 heterocycles. The Hall–Kier alpha value is -0.640. The third kappa shape index (κ3) is 0.588. The summed E-state index contributed by atoms with van der Waals surface area (Å²) in [6, 6.07) is -0.359. The normalized spacial score (nSPS) is 53.7. The average molecular weight is 159 g/mol. The molecular formula is C7H10FNO2. The summed E-state index contributed by atoms with van der Waals surface area (Å²) >= 11 is 0. The third-order valence-electron chi connectivity index (χ3n) is 2.87. The highest BCUT2D eigenvalue weighted by Gasteiger charge is 2.75. The molecule has 1 aliphatic carbocycles. The number of fused-ring (bicyclic) bond motifs is 1. The second-order valence-electron chi connectivity index (χ2n) is 3.35. The van der Waals surface area contributed by atoms with Gasteiger partial charge < -0.3 is 10.4 Å². The predicted molar refractivity (Wildman–Crippen MR) is 35.5 cm³/mol. The maximum absolute atomic E-state index is 13.4. The first-order valence-corrected chi connectivity index (χ1v) is 3.73. The van der Waals surface area contributed by atoms with Crippen molar-refractivity contribution in [2.75, 3.05) is 6.61 Å². The number of aliphatic hydroxyl groups is 1. The number of carbonyl (C=O) groups is 1. The highest BCUT2D eigenvalue weighted by Crippen LogP contribution is 2.58. The van der Waals surface area contributed by atoms with Crippen molar-refractivity contribution in [3.05, 3.63) is 0 Å². The Kier molecular flexibility index (Phi) is 1.12. The molecule has 2 rings (SSSR count). The molecule has 1 saturated heterocycles. The second kappa shape index (κ2) is 1.75. The summed E-state index contributed by atoms with van der Waals surface area (Å²) in [5.41, 5.74) is -1.66. The topological polar surface area (TPSA) is 49.3 Å². The molecule has 0 aromatic rings. The van der Waals surface area contributed by atoms with Gasteiger partial charge in [-0.1, -0.05) is 6.92 Å². The minimum Gasteiger partial charge on any atom is -0.394 e. The van der Waals surface area contributed by atoms with Gasteiger partial charge >= 0.3 is 0 Å². The van der Waals surface area contributed by atoms with Crippen LogP contribution in [-0.2, 0) is 4.79 Å². The first-order chi connectivity index (χ1) is 5.12. The van der Waals surface area contributed by atoms with Crippen molar-refractivity contribution >= 4 is 5.91 Å². The first-order valence-electron chi connectivity index (χ1n) is 3.73. The molecule has 0 bridgehead atoms.